The molecule has 2 rings (SSSR count). The third-order valence-corrected chi connectivity index (χ3v) is 3.02. The lowest BCUT2D eigenvalue weighted by Gasteiger charge is -2.16. The zero-order valence-electron chi connectivity index (χ0n) is 10.4. The van der Waals surface area contributed by atoms with Crippen molar-refractivity contribution >= 4 is 16.8 Å². The Kier molecular flexibility index (Phi) is 3.05. The highest BCUT2D eigenvalue weighted by Crippen LogP contribution is 2.40. The highest BCUT2D eigenvalue weighted by molar-refractivity contribution is 5.98. The molecule has 0 aliphatic heterocycles. The summed E-state index contributed by atoms with van der Waals surface area (Å²) in [6.45, 7) is 5.87. The van der Waals surface area contributed by atoms with E-state index in [2.05, 4.69) is 6.58 Å². The molecule has 2 aromatic rings. The van der Waals surface area contributed by atoms with Gasteiger partial charge < -0.3 is 9.47 Å². The van der Waals surface area contributed by atoms with E-state index in [9.17, 15) is 0 Å². The number of ether oxygens (including phenoxy) is 2. The summed E-state index contributed by atoms with van der Waals surface area (Å²) in [5.74, 6) is 1.74. The molecule has 0 aliphatic carbocycles. The Morgan fingerprint density at radius 2 is 1.53 bits per heavy atom. The third kappa shape index (κ3) is 1.66. The van der Waals surface area contributed by atoms with Crippen LogP contribution in [0.3, 0.4) is 0 Å². The van der Waals surface area contributed by atoms with E-state index < -0.39 is 0 Å². The Morgan fingerprint density at radius 3 is 2.00 bits per heavy atom. The lowest BCUT2D eigenvalue weighted by Crippen LogP contribution is -1.96. The molecule has 88 valence electrons. The van der Waals surface area contributed by atoms with Crippen LogP contribution in [-0.4, -0.2) is 14.2 Å². The summed E-state index contributed by atoms with van der Waals surface area (Å²) < 4.78 is 11.0. The van der Waals surface area contributed by atoms with E-state index in [-0.39, 0.29) is 0 Å². The molecule has 0 amide bonds. The van der Waals surface area contributed by atoms with E-state index in [1.165, 1.54) is 0 Å². The predicted molar refractivity (Wildman–Crippen MR) is 71.9 cm³/mol. The maximum Gasteiger partial charge on any atom is 0.134 e. The Bertz CT molecular complexity index is 571. The summed E-state index contributed by atoms with van der Waals surface area (Å²) in [4.78, 5) is 0. The van der Waals surface area contributed by atoms with Crippen molar-refractivity contribution in [3.05, 3.63) is 42.0 Å². The Balaban J connectivity index is 2.98. The summed E-state index contributed by atoms with van der Waals surface area (Å²) >= 11 is 0. The van der Waals surface area contributed by atoms with Gasteiger partial charge in [0.05, 0.1) is 14.2 Å². The van der Waals surface area contributed by atoms with E-state index in [4.69, 9.17) is 9.47 Å². The maximum atomic E-state index is 5.50. The van der Waals surface area contributed by atoms with Crippen molar-refractivity contribution in [2.24, 2.45) is 0 Å². The second-order valence-electron chi connectivity index (χ2n) is 3.85. The first-order valence-corrected chi connectivity index (χ1v) is 5.50. The minimum Gasteiger partial charge on any atom is -0.496 e. The van der Waals surface area contributed by atoms with Crippen molar-refractivity contribution in [2.75, 3.05) is 14.2 Å². The summed E-state index contributed by atoms with van der Waals surface area (Å²) in [6, 6.07) is 8.06. The summed E-state index contributed by atoms with van der Waals surface area (Å²) in [5.41, 5.74) is 2.04. The largest absolute Gasteiger partial charge is 0.496 e. The molecule has 2 aromatic carbocycles. The van der Waals surface area contributed by atoms with Crippen LogP contribution in [0.2, 0.25) is 0 Å². The number of fused-ring (bicyclic) bond motifs is 1. The number of hydrogen-bond acceptors (Lipinski definition) is 2. The SMILES string of the molecule is C=Cc1c(C)c(OC)c2ccccc2c1OC. The average molecular weight is 228 g/mol. The molecule has 0 saturated heterocycles. The van der Waals surface area contributed by atoms with Crippen molar-refractivity contribution in [2.45, 2.75) is 6.92 Å². The second kappa shape index (κ2) is 4.50. The highest BCUT2D eigenvalue weighted by Gasteiger charge is 2.15. The fourth-order valence-electron chi connectivity index (χ4n) is 2.25. The first kappa shape index (κ1) is 11.5. The highest BCUT2D eigenvalue weighted by atomic mass is 16.5. The minimum atomic E-state index is 0.855. The van der Waals surface area contributed by atoms with Crippen LogP contribution in [0.15, 0.2) is 30.8 Å². The van der Waals surface area contributed by atoms with Crippen molar-refractivity contribution in [1.82, 2.24) is 0 Å². The van der Waals surface area contributed by atoms with Gasteiger partial charge in [0.1, 0.15) is 11.5 Å². The van der Waals surface area contributed by atoms with Gasteiger partial charge in [0.25, 0.3) is 0 Å². The van der Waals surface area contributed by atoms with Crippen LogP contribution in [0.5, 0.6) is 11.5 Å². The molecule has 0 bridgehead atoms. The van der Waals surface area contributed by atoms with Crippen LogP contribution < -0.4 is 9.47 Å². The predicted octanol–water partition coefficient (Wildman–Crippen LogP) is 3.81. The average Bonchev–Trinajstić information content (AvgIpc) is 2.37. The van der Waals surface area contributed by atoms with Gasteiger partial charge in [0, 0.05) is 21.9 Å². The number of hydrogen-bond donors (Lipinski definition) is 0. The van der Waals surface area contributed by atoms with E-state index in [1.54, 1.807) is 14.2 Å². The summed E-state index contributed by atoms with van der Waals surface area (Å²) in [6.07, 6.45) is 1.81. The summed E-state index contributed by atoms with van der Waals surface area (Å²) in [7, 11) is 3.37. The van der Waals surface area contributed by atoms with Gasteiger partial charge >= 0.3 is 0 Å². The van der Waals surface area contributed by atoms with E-state index in [0.29, 0.717) is 0 Å². The molecule has 0 atom stereocenters. The van der Waals surface area contributed by atoms with E-state index in [0.717, 1.165) is 33.4 Å². The third-order valence-electron chi connectivity index (χ3n) is 3.02. The first-order valence-electron chi connectivity index (χ1n) is 5.50. The molecule has 2 nitrogen and oxygen atoms in total. The molecule has 0 aromatic heterocycles. The molecule has 0 spiro atoms. The van der Waals surface area contributed by atoms with Crippen molar-refractivity contribution < 1.29 is 9.47 Å². The molecule has 17 heavy (non-hydrogen) atoms. The van der Waals surface area contributed by atoms with Gasteiger partial charge in [-0.25, -0.2) is 0 Å². The quantitative estimate of drug-likeness (QED) is 0.795. The second-order valence-corrected chi connectivity index (χ2v) is 3.85. The zero-order chi connectivity index (χ0) is 12.4. The van der Waals surface area contributed by atoms with Gasteiger partial charge in [0.2, 0.25) is 0 Å². The molecule has 0 saturated carbocycles. The van der Waals surface area contributed by atoms with Crippen molar-refractivity contribution in [1.29, 1.82) is 0 Å². The topological polar surface area (TPSA) is 18.5 Å². The molecular formula is C15H16O2. The van der Waals surface area contributed by atoms with Gasteiger partial charge in [0.15, 0.2) is 0 Å². The molecule has 0 heterocycles. The molecule has 0 N–H and O–H groups in total. The van der Waals surface area contributed by atoms with Gasteiger partial charge in [-0.1, -0.05) is 36.9 Å². The Labute approximate surface area is 101 Å². The Hall–Kier alpha value is -1.96. The lowest BCUT2D eigenvalue weighted by atomic mass is 9.98. The van der Waals surface area contributed by atoms with Gasteiger partial charge in [-0.2, -0.15) is 0 Å². The molecule has 0 aliphatic rings. The molecule has 0 radical (unpaired) electrons. The molecule has 0 fully saturated rings. The monoisotopic (exact) mass is 228 g/mol. The van der Waals surface area contributed by atoms with Crippen LogP contribution in [0.1, 0.15) is 11.1 Å². The smallest absolute Gasteiger partial charge is 0.134 e. The summed E-state index contributed by atoms with van der Waals surface area (Å²) in [5, 5.41) is 2.11. The van der Waals surface area contributed by atoms with Crippen LogP contribution in [-0.2, 0) is 0 Å². The minimum absolute atomic E-state index is 0.855. The molecular weight excluding hydrogens is 212 g/mol. The van der Waals surface area contributed by atoms with E-state index in [1.807, 2.05) is 37.3 Å². The number of rotatable bonds is 3. The van der Waals surface area contributed by atoms with Gasteiger partial charge in [-0.05, 0) is 6.92 Å². The van der Waals surface area contributed by atoms with E-state index >= 15 is 0 Å². The van der Waals surface area contributed by atoms with Gasteiger partial charge in [-0.15, -0.1) is 0 Å². The normalized spacial score (nSPS) is 10.3. The standard InChI is InChI=1S/C15H16O2/c1-5-11-10(2)14(16-3)12-8-6-7-9-13(12)15(11)17-4/h5-9H,1H2,2-4H3. The number of benzene rings is 2. The molecule has 2 heteroatoms. The lowest BCUT2D eigenvalue weighted by molar-refractivity contribution is 0.407. The molecule has 0 unspecified atom stereocenters. The number of methoxy groups -OCH3 is 2. The van der Waals surface area contributed by atoms with Gasteiger partial charge in [-0.3, -0.25) is 0 Å². The van der Waals surface area contributed by atoms with Crippen molar-refractivity contribution in [3.8, 4) is 11.5 Å². The maximum absolute atomic E-state index is 5.50. The first-order chi connectivity index (χ1) is 8.24. The zero-order valence-corrected chi connectivity index (χ0v) is 10.4. The van der Waals surface area contributed by atoms with Crippen LogP contribution in [0, 0.1) is 6.92 Å². The van der Waals surface area contributed by atoms with Crippen molar-refractivity contribution in [3.63, 3.8) is 0 Å². The Morgan fingerprint density at radius 1 is 1.00 bits per heavy atom. The fraction of sp³-hybridized carbons (Fsp3) is 0.200. The van der Waals surface area contributed by atoms with Crippen LogP contribution >= 0.6 is 0 Å². The van der Waals surface area contributed by atoms with Crippen LogP contribution in [0.25, 0.3) is 16.8 Å². The fourth-order valence-corrected chi connectivity index (χ4v) is 2.25. The van der Waals surface area contributed by atoms with Crippen LogP contribution in [0.4, 0.5) is 0 Å².